The highest BCUT2D eigenvalue weighted by Gasteiger charge is 2.20. The van der Waals surface area contributed by atoms with Gasteiger partial charge in [0, 0.05) is 43.0 Å². The van der Waals surface area contributed by atoms with E-state index in [0.717, 1.165) is 67.9 Å². The number of nitrogens with one attached hydrogen (secondary N) is 1. The number of carbonyl (C=O) groups excluding carboxylic acids is 1. The highest BCUT2D eigenvalue weighted by molar-refractivity contribution is 7.13. The Hall–Kier alpha value is -2.85. The summed E-state index contributed by atoms with van der Waals surface area (Å²) in [6.45, 7) is 3.28. The minimum absolute atomic E-state index is 0.00921. The second-order valence-corrected chi connectivity index (χ2v) is 10.9. The smallest absolute Gasteiger partial charge is 0.220 e. The molecule has 0 bridgehead atoms. The van der Waals surface area contributed by atoms with Crippen molar-refractivity contribution in [3.8, 4) is 17.0 Å². The monoisotopic (exact) mass is 574 g/mol. The number of halogens is 2. The first kappa shape index (κ1) is 28.2. The van der Waals surface area contributed by atoms with Crippen LogP contribution in [0, 0.1) is 0 Å². The van der Waals surface area contributed by atoms with Crippen LogP contribution in [0.5, 0.6) is 5.75 Å². The quantitative estimate of drug-likeness (QED) is 0.161. The van der Waals surface area contributed by atoms with Crippen LogP contribution in [0.4, 0.5) is 5.13 Å². The summed E-state index contributed by atoms with van der Waals surface area (Å²) in [5, 5.41) is 6.78. The molecule has 3 aromatic rings. The molecule has 5 N–H and O–H groups in total. The molecule has 0 radical (unpaired) electrons. The van der Waals surface area contributed by atoms with Crippen LogP contribution in [-0.4, -0.2) is 47.5 Å². The van der Waals surface area contributed by atoms with Crippen molar-refractivity contribution in [1.82, 2.24) is 15.2 Å². The van der Waals surface area contributed by atoms with Gasteiger partial charge in [0.2, 0.25) is 11.0 Å². The Morgan fingerprint density at radius 1 is 1.11 bits per heavy atom. The average Bonchev–Trinajstić information content (AvgIpc) is 3.35. The van der Waals surface area contributed by atoms with Crippen molar-refractivity contribution in [2.24, 2.45) is 16.5 Å². The summed E-state index contributed by atoms with van der Waals surface area (Å²) in [5.41, 5.74) is 13.7. The number of hydrogen-bond donors (Lipinski definition) is 3. The number of piperidine rings is 1. The summed E-state index contributed by atoms with van der Waals surface area (Å²) in [6, 6.07) is 13.7. The van der Waals surface area contributed by atoms with Crippen molar-refractivity contribution in [2.75, 3.05) is 19.7 Å². The molecule has 1 aliphatic rings. The Balaban J connectivity index is 1.09. The van der Waals surface area contributed by atoms with E-state index in [1.165, 1.54) is 11.3 Å². The molecule has 11 heteroatoms. The summed E-state index contributed by atoms with van der Waals surface area (Å²) >= 11 is 13.5. The number of aliphatic imine (C=N–C) groups is 1. The number of carbonyl (C=O) groups is 1. The maximum atomic E-state index is 12.4. The predicted octanol–water partition coefficient (Wildman–Crippen LogP) is 5.35. The number of benzene rings is 2. The first-order chi connectivity index (χ1) is 18.4. The molecule has 1 aromatic heterocycles. The molecule has 1 fully saturated rings. The van der Waals surface area contributed by atoms with E-state index >= 15 is 0 Å². The van der Waals surface area contributed by atoms with Gasteiger partial charge in [-0.05, 0) is 67.6 Å². The highest BCUT2D eigenvalue weighted by atomic mass is 35.5. The van der Waals surface area contributed by atoms with Crippen LogP contribution in [-0.2, 0) is 11.3 Å². The van der Waals surface area contributed by atoms with Crippen molar-refractivity contribution >= 4 is 51.5 Å². The molecule has 1 amide bonds. The van der Waals surface area contributed by atoms with Gasteiger partial charge in [-0.1, -0.05) is 29.3 Å². The molecule has 202 valence electrons. The van der Waals surface area contributed by atoms with Crippen LogP contribution in [0.1, 0.15) is 37.7 Å². The van der Waals surface area contributed by atoms with E-state index in [4.69, 9.17) is 39.4 Å². The fourth-order valence-corrected chi connectivity index (χ4v) is 5.33. The second-order valence-electron chi connectivity index (χ2n) is 9.25. The Bertz CT molecular complexity index is 1240. The van der Waals surface area contributed by atoms with E-state index in [2.05, 4.69) is 20.2 Å². The van der Waals surface area contributed by atoms with Crippen LogP contribution >= 0.6 is 34.5 Å². The van der Waals surface area contributed by atoms with E-state index in [1.54, 1.807) is 0 Å². The molecule has 4 rings (SSSR count). The minimum atomic E-state index is -0.00921. The molecular formula is C27H32Cl2N6O2S. The second kappa shape index (κ2) is 13.8. The lowest BCUT2D eigenvalue weighted by molar-refractivity contribution is -0.122. The fourth-order valence-electron chi connectivity index (χ4n) is 4.29. The molecule has 38 heavy (non-hydrogen) atoms. The summed E-state index contributed by atoms with van der Waals surface area (Å²) in [5.74, 6) is 0.885. The Labute approximate surface area is 237 Å². The molecule has 1 aliphatic heterocycles. The van der Waals surface area contributed by atoms with Gasteiger partial charge < -0.3 is 21.5 Å². The molecule has 0 aliphatic carbocycles. The van der Waals surface area contributed by atoms with Gasteiger partial charge >= 0.3 is 0 Å². The molecule has 2 aromatic carbocycles. The van der Waals surface area contributed by atoms with Crippen molar-refractivity contribution in [2.45, 2.75) is 44.7 Å². The summed E-state index contributed by atoms with van der Waals surface area (Å²) in [7, 11) is 0. The van der Waals surface area contributed by atoms with Crippen LogP contribution in [0.3, 0.4) is 0 Å². The number of guanidine groups is 1. The van der Waals surface area contributed by atoms with Gasteiger partial charge in [-0.2, -0.15) is 4.99 Å². The van der Waals surface area contributed by atoms with Crippen molar-refractivity contribution in [1.29, 1.82) is 0 Å². The molecule has 0 spiro atoms. The fraction of sp³-hybridized carbons (Fsp3) is 0.370. The third-order valence-corrected chi connectivity index (χ3v) is 7.75. The number of amides is 1. The van der Waals surface area contributed by atoms with Crippen molar-refractivity contribution < 1.29 is 9.53 Å². The van der Waals surface area contributed by atoms with Gasteiger partial charge in [0.1, 0.15) is 5.75 Å². The zero-order valence-corrected chi connectivity index (χ0v) is 23.4. The first-order valence-electron chi connectivity index (χ1n) is 12.6. The van der Waals surface area contributed by atoms with Crippen molar-refractivity contribution in [3.05, 3.63) is 63.5 Å². The van der Waals surface area contributed by atoms with E-state index in [1.807, 2.05) is 47.8 Å². The van der Waals surface area contributed by atoms with Crippen LogP contribution in [0.25, 0.3) is 11.3 Å². The largest absolute Gasteiger partial charge is 0.494 e. The van der Waals surface area contributed by atoms with E-state index in [0.29, 0.717) is 28.2 Å². The van der Waals surface area contributed by atoms with Crippen molar-refractivity contribution in [3.63, 3.8) is 0 Å². The molecule has 0 saturated carbocycles. The Kier molecular flexibility index (Phi) is 10.2. The maximum Gasteiger partial charge on any atom is 0.220 e. The number of likely N-dealkylation sites (tertiary alicyclic amines) is 1. The lowest BCUT2D eigenvalue weighted by atomic mass is 10.0. The predicted molar refractivity (Wildman–Crippen MR) is 155 cm³/mol. The van der Waals surface area contributed by atoms with Gasteiger partial charge in [0.25, 0.3) is 0 Å². The highest BCUT2D eigenvalue weighted by Crippen LogP contribution is 2.28. The maximum absolute atomic E-state index is 12.4. The normalized spacial score (nSPS) is 14.3. The minimum Gasteiger partial charge on any atom is -0.494 e. The molecule has 8 nitrogen and oxygen atoms in total. The summed E-state index contributed by atoms with van der Waals surface area (Å²) in [4.78, 5) is 23.1. The van der Waals surface area contributed by atoms with Crippen LogP contribution < -0.4 is 21.5 Å². The standard InChI is InChI=1S/C27H32Cl2N6O2S/c28-22-9-4-18(15-23(22)29)16-35-12-10-20(11-13-35)32-25(36)3-1-2-14-37-21-7-5-19(6-8-21)24-17-38-27(33-24)34-26(30)31/h4-9,15,17,20H,1-3,10-14,16H2,(H,32,36)(H4,30,31,33,34). The lowest BCUT2D eigenvalue weighted by Gasteiger charge is -2.32. The number of nitrogens with two attached hydrogens (primary N) is 2. The number of ether oxygens (including phenoxy) is 1. The van der Waals surface area contributed by atoms with Gasteiger partial charge in [-0.25, -0.2) is 4.98 Å². The van der Waals surface area contributed by atoms with E-state index in [-0.39, 0.29) is 17.9 Å². The van der Waals surface area contributed by atoms with Crippen LogP contribution in [0.2, 0.25) is 10.0 Å². The molecule has 2 heterocycles. The van der Waals surface area contributed by atoms with E-state index < -0.39 is 0 Å². The third-order valence-electron chi connectivity index (χ3n) is 6.28. The third kappa shape index (κ3) is 8.59. The van der Waals surface area contributed by atoms with Gasteiger partial charge in [-0.3, -0.25) is 9.69 Å². The number of nitrogens with zero attached hydrogens (tertiary/aromatic N) is 3. The number of aromatic nitrogens is 1. The first-order valence-corrected chi connectivity index (χ1v) is 14.2. The van der Waals surface area contributed by atoms with Gasteiger partial charge in [0.15, 0.2) is 5.96 Å². The summed E-state index contributed by atoms with van der Waals surface area (Å²) in [6.07, 6.45) is 4.00. The average molecular weight is 576 g/mol. The molecule has 1 saturated heterocycles. The molecule has 0 atom stereocenters. The lowest BCUT2D eigenvalue weighted by Crippen LogP contribution is -2.44. The zero-order chi connectivity index (χ0) is 26.9. The summed E-state index contributed by atoms with van der Waals surface area (Å²) < 4.78 is 5.84. The number of rotatable bonds is 11. The molecule has 0 unspecified atom stereocenters. The van der Waals surface area contributed by atoms with Gasteiger partial charge in [-0.15, -0.1) is 11.3 Å². The molecular weight excluding hydrogens is 543 g/mol. The van der Waals surface area contributed by atoms with Crippen LogP contribution in [0.15, 0.2) is 52.8 Å². The SMILES string of the molecule is NC(N)=Nc1nc(-c2ccc(OCCCCC(=O)NC3CCN(Cc4ccc(Cl)c(Cl)c4)CC3)cc2)cs1. The number of unbranched alkanes of at least 4 members (excludes halogenated alkanes) is 1. The van der Waals surface area contributed by atoms with E-state index in [9.17, 15) is 4.79 Å². The Morgan fingerprint density at radius 3 is 2.58 bits per heavy atom. The Morgan fingerprint density at radius 2 is 1.87 bits per heavy atom. The topological polar surface area (TPSA) is 119 Å². The zero-order valence-electron chi connectivity index (χ0n) is 21.0. The van der Waals surface area contributed by atoms with Gasteiger partial charge in [0.05, 0.1) is 22.3 Å². The number of thiazole rings is 1. The number of hydrogen-bond acceptors (Lipinski definition) is 6.